The molecule has 2 rings (SSSR count). The summed E-state index contributed by atoms with van der Waals surface area (Å²) in [5.74, 6) is 0. The predicted octanol–water partition coefficient (Wildman–Crippen LogP) is 3.87. The molecule has 0 atom stereocenters. The SMILES string of the molecule is Cc1csc2oc(Br)c(C)c12. The van der Waals surface area contributed by atoms with Crippen molar-refractivity contribution in [3.63, 3.8) is 0 Å². The Balaban J connectivity index is 2.95. The Morgan fingerprint density at radius 3 is 2.82 bits per heavy atom. The Morgan fingerprint density at radius 1 is 1.45 bits per heavy atom. The van der Waals surface area contributed by atoms with Crippen molar-refractivity contribution < 1.29 is 4.42 Å². The van der Waals surface area contributed by atoms with E-state index in [1.54, 1.807) is 11.3 Å². The maximum atomic E-state index is 5.45. The van der Waals surface area contributed by atoms with E-state index in [9.17, 15) is 0 Å². The third kappa shape index (κ3) is 0.948. The number of hydrogen-bond donors (Lipinski definition) is 0. The largest absolute Gasteiger partial charge is 0.438 e. The zero-order chi connectivity index (χ0) is 8.01. The highest BCUT2D eigenvalue weighted by Gasteiger charge is 2.11. The third-order valence-corrected chi connectivity index (χ3v) is 3.52. The minimum Gasteiger partial charge on any atom is -0.438 e. The molecule has 2 heterocycles. The van der Waals surface area contributed by atoms with Gasteiger partial charge in [-0.3, -0.25) is 0 Å². The molecular formula is C8H7BrOS. The molecule has 58 valence electrons. The second-order valence-corrected chi connectivity index (χ2v) is 4.14. The maximum Gasteiger partial charge on any atom is 0.189 e. The zero-order valence-electron chi connectivity index (χ0n) is 6.27. The average molecular weight is 231 g/mol. The van der Waals surface area contributed by atoms with Crippen molar-refractivity contribution in [2.45, 2.75) is 13.8 Å². The van der Waals surface area contributed by atoms with Crippen LogP contribution in [0.2, 0.25) is 0 Å². The molecule has 0 aliphatic carbocycles. The van der Waals surface area contributed by atoms with E-state index in [1.165, 1.54) is 16.5 Å². The van der Waals surface area contributed by atoms with Crippen molar-refractivity contribution >= 4 is 37.5 Å². The molecule has 11 heavy (non-hydrogen) atoms. The molecule has 0 fully saturated rings. The second-order valence-electron chi connectivity index (χ2n) is 2.58. The summed E-state index contributed by atoms with van der Waals surface area (Å²) in [6.07, 6.45) is 0. The van der Waals surface area contributed by atoms with E-state index in [4.69, 9.17) is 4.42 Å². The van der Waals surface area contributed by atoms with Gasteiger partial charge in [-0.1, -0.05) is 0 Å². The highest BCUT2D eigenvalue weighted by atomic mass is 79.9. The summed E-state index contributed by atoms with van der Waals surface area (Å²) in [6, 6.07) is 0. The number of rotatable bonds is 0. The van der Waals surface area contributed by atoms with Crippen molar-refractivity contribution in [3.05, 3.63) is 21.2 Å². The third-order valence-electron chi connectivity index (χ3n) is 1.79. The molecule has 0 amide bonds. The first kappa shape index (κ1) is 7.37. The van der Waals surface area contributed by atoms with Crippen LogP contribution in [-0.4, -0.2) is 0 Å². The van der Waals surface area contributed by atoms with Crippen molar-refractivity contribution in [1.82, 2.24) is 0 Å². The van der Waals surface area contributed by atoms with Gasteiger partial charge in [-0.15, -0.1) is 11.3 Å². The summed E-state index contributed by atoms with van der Waals surface area (Å²) in [5, 5.41) is 3.38. The minimum absolute atomic E-state index is 0.863. The number of fused-ring (bicyclic) bond motifs is 1. The molecule has 2 aromatic heterocycles. The van der Waals surface area contributed by atoms with Crippen molar-refractivity contribution in [2.75, 3.05) is 0 Å². The van der Waals surface area contributed by atoms with Crippen molar-refractivity contribution in [1.29, 1.82) is 0 Å². The normalized spacial score (nSPS) is 11.2. The molecule has 1 nitrogen and oxygen atoms in total. The van der Waals surface area contributed by atoms with E-state index < -0.39 is 0 Å². The first-order valence-electron chi connectivity index (χ1n) is 3.33. The highest BCUT2D eigenvalue weighted by molar-refractivity contribution is 9.10. The molecule has 0 spiro atoms. The first-order valence-corrected chi connectivity index (χ1v) is 5.00. The molecule has 0 aliphatic heterocycles. The molecule has 0 saturated carbocycles. The quantitative estimate of drug-likeness (QED) is 0.670. The lowest BCUT2D eigenvalue weighted by Crippen LogP contribution is -1.67. The summed E-state index contributed by atoms with van der Waals surface area (Å²) in [5.41, 5.74) is 2.51. The monoisotopic (exact) mass is 230 g/mol. The smallest absolute Gasteiger partial charge is 0.189 e. The van der Waals surface area contributed by atoms with Crippen LogP contribution in [0.25, 0.3) is 10.3 Å². The van der Waals surface area contributed by atoms with Gasteiger partial charge in [0.1, 0.15) is 0 Å². The fourth-order valence-electron chi connectivity index (χ4n) is 1.20. The lowest BCUT2D eigenvalue weighted by Gasteiger charge is -1.85. The Kier molecular flexibility index (Phi) is 1.58. The van der Waals surface area contributed by atoms with Crippen LogP contribution in [0.5, 0.6) is 0 Å². The molecule has 0 bridgehead atoms. The summed E-state index contributed by atoms with van der Waals surface area (Å²) in [7, 11) is 0. The number of halogens is 1. The van der Waals surface area contributed by atoms with E-state index in [0.717, 1.165) is 9.57 Å². The van der Waals surface area contributed by atoms with Crippen LogP contribution in [0.3, 0.4) is 0 Å². The molecule has 0 aliphatic rings. The fraction of sp³-hybridized carbons (Fsp3) is 0.250. The first-order chi connectivity index (χ1) is 5.20. The van der Waals surface area contributed by atoms with E-state index >= 15 is 0 Å². The Bertz CT molecular complexity index is 399. The molecule has 0 N–H and O–H groups in total. The van der Waals surface area contributed by atoms with Gasteiger partial charge in [0.25, 0.3) is 0 Å². The summed E-state index contributed by atoms with van der Waals surface area (Å²) >= 11 is 5.01. The van der Waals surface area contributed by atoms with Crippen LogP contribution >= 0.6 is 27.3 Å². The fourth-order valence-corrected chi connectivity index (χ4v) is 2.63. The Morgan fingerprint density at radius 2 is 2.18 bits per heavy atom. The van der Waals surface area contributed by atoms with Gasteiger partial charge in [0.05, 0.1) is 0 Å². The van der Waals surface area contributed by atoms with Gasteiger partial charge in [-0.2, -0.15) is 0 Å². The van der Waals surface area contributed by atoms with E-state index in [2.05, 4.69) is 35.2 Å². The van der Waals surface area contributed by atoms with Crippen LogP contribution in [0.4, 0.5) is 0 Å². The summed E-state index contributed by atoms with van der Waals surface area (Å²) in [4.78, 5) is 1.02. The van der Waals surface area contributed by atoms with Crippen LogP contribution < -0.4 is 0 Å². The molecule has 0 aromatic carbocycles. The van der Waals surface area contributed by atoms with Gasteiger partial charge in [0.15, 0.2) is 9.57 Å². The van der Waals surface area contributed by atoms with Gasteiger partial charge >= 0.3 is 0 Å². The molecule has 2 aromatic rings. The van der Waals surface area contributed by atoms with Crippen LogP contribution in [0.15, 0.2) is 14.5 Å². The highest BCUT2D eigenvalue weighted by Crippen LogP contribution is 2.35. The van der Waals surface area contributed by atoms with Crippen LogP contribution in [-0.2, 0) is 0 Å². The summed E-state index contributed by atoms with van der Waals surface area (Å²) in [6.45, 7) is 4.17. The second kappa shape index (κ2) is 2.35. The van der Waals surface area contributed by atoms with Gasteiger partial charge in [-0.25, -0.2) is 0 Å². The van der Waals surface area contributed by atoms with Crippen LogP contribution in [0.1, 0.15) is 11.1 Å². The van der Waals surface area contributed by atoms with Crippen molar-refractivity contribution in [3.8, 4) is 0 Å². The minimum atomic E-state index is 0.863. The van der Waals surface area contributed by atoms with Crippen molar-refractivity contribution in [2.24, 2.45) is 0 Å². The zero-order valence-corrected chi connectivity index (χ0v) is 8.67. The van der Waals surface area contributed by atoms with E-state index in [1.807, 2.05) is 0 Å². The van der Waals surface area contributed by atoms with Gasteiger partial charge in [-0.05, 0) is 40.7 Å². The van der Waals surface area contributed by atoms with E-state index in [-0.39, 0.29) is 0 Å². The average Bonchev–Trinajstić information content (AvgIpc) is 2.41. The number of thiophene rings is 1. The lowest BCUT2D eigenvalue weighted by molar-refractivity contribution is 0.591. The maximum absolute atomic E-state index is 5.45. The standard InChI is InChI=1S/C8H7BrOS/c1-4-3-11-8-6(4)5(2)7(9)10-8/h3H,1-2H3. The lowest BCUT2D eigenvalue weighted by atomic mass is 10.2. The Labute approximate surface area is 77.1 Å². The Hall–Kier alpha value is -0.280. The van der Waals surface area contributed by atoms with E-state index in [0.29, 0.717) is 0 Å². The predicted molar refractivity (Wildman–Crippen MR) is 51.3 cm³/mol. The summed E-state index contributed by atoms with van der Waals surface area (Å²) < 4.78 is 6.32. The van der Waals surface area contributed by atoms with Gasteiger partial charge < -0.3 is 4.42 Å². The number of furan rings is 1. The van der Waals surface area contributed by atoms with Gasteiger partial charge in [0, 0.05) is 10.9 Å². The number of hydrogen-bond acceptors (Lipinski definition) is 2. The molecule has 0 unspecified atom stereocenters. The topological polar surface area (TPSA) is 13.1 Å². The number of aryl methyl sites for hydroxylation is 2. The van der Waals surface area contributed by atoms with Crippen LogP contribution in [0, 0.1) is 13.8 Å². The molecular weight excluding hydrogens is 224 g/mol. The molecule has 0 radical (unpaired) electrons. The van der Waals surface area contributed by atoms with Gasteiger partial charge in [0.2, 0.25) is 0 Å². The molecule has 0 saturated heterocycles. The molecule has 3 heteroatoms.